The summed E-state index contributed by atoms with van der Waals surface area (Å²) in [5.74, 6) is 0.938. The minimum Gasteiger partial charge on any atom is -0.358 e. The summed E-state index contributed by atoms with van der Waals surface area (Å²) in [6.07, 6.45) is 3.36. The summed E-state index contributed by atoms with van der Waals surface area (Å²) in [6, 6.07) is 8.46. The van der Waals surface area contributed by atoms with Crippen LogP contribution in [0.1, 0.15) is 57.9 Å². The van der Waals surface area contributed by atoms with Gasteiger partial charge in [0.2, 0.25) is 0 Å². The number of nitrogens with one attached hydrogen (secondary N) is 2. The van der Waals surface area contributed by atoms with Crippen molar-refractivity contribution in [1.82, 2.24) is 20.2 Å². The molecule has 2 aliphatic rings. The van der Waals surface area contributed by atoms with Crippen molar-refractivity contribution in [2.45, 2.75) is 38.0 Å². The molecule has 2 aliphatic heterocycles. The number of hydrogen-bond donors (Lipinski definition) is 2. The number of nitrogens with zero attached hydrogens (tertiary/aromatic N) is 2. The highest BCUT2D eigenvalue weighted by Gasteiger charge is 2.32. The van der Waals surface area contributed by atoms with Gasteiger partial charge < -0.3 is 15.2 Å². The summed E-state index contributed by atoms with van der Waals surface area (Å²) < 4.78 is 0. The van der Waals surface area contributed by atoms with E-state index in [1.807, 2.05) is 10.3 Å². The number of hydrogen-bond acceptors (Lipinski definition) is 4. The molecule has 0 bridgehead atoms. The first-order valence-electron chi connectivity index (χ1n) is 10.2. The Kier molecular flexibility index (Phi) is 4.69. The number of likely N-dealkylation sites (tertiary alicyclic amines) is 1. The van der Waals surface area contributed by atoms with Crippen molar-refractivity contribution in [2.24, 2.45) is 0 Å². The lowest BCUT2D eigenvalue weighted by atomic mass is 9.95. The summed E-state index contributed by atoms with van der Waals surface area (Å²) in [5.41, 5.74) is 4.41. The van der Waals surface area contributed by atoms with Crippen LogP contribution >= 0.6 is 11.3 Å². The zero-order valence-corrected chi connectivity index (χ0v) is 17.0. The van der Waals surface area contributed by atoms with Crippen LogP contribution in [0.25, 0.3) is 10.9 Å². The van der Waals surface area contributed by atoms with Crippen LogP contribution in [-0.2, 0) is 0 Å². The zero-order chi connectivity index (χ0) is 19.1. The molecule has 0 aliphatic carbocycles. The quantitative estimate of drug-likeness (QED) is 0.705. The fourth-order valence-electron chi connectivity index (χ4n) is 4.80. The number of benzene rings is 1. The van der Waals surface area contributed by atoms with Crippen LogP contribution in [0, 0.1) is 6.92 Å². The number of fused-ring (bicyclic) bond motifs is 1. The maximum Gasteiger partial charge on any atom is 0.273 e. The SMILES string of the molecule is Cc1[nH]c2ccccc2c1C1CCN(C(=O)c2csc(C3CCCNC3)n2)C1. The van der Waals surface area contributed by atoms with E-state index in [4.69, 9.17) is 4.98 Å². The van der Waals surface area contributed by atoms with Crippen molar-refractivity contribution in [2.75, 3.05) is 26.2 Å². The molecular formula is C22H26N4OS. The number of aromatic nitrogens is 2. The van der Waals surface area contributed by atoms with E-state index in [2.05, 4.69) is 41.5 Å². The third-order valence-corrected chi connectivity index (χ3v) is 7.22. The van der Waals surface area contributed by atoms with Crippen molar-refractivity contribution < 1.29 is 4.79 Å². The van der Waals surface area contributed by atoms with Crippen LogP contribution in [0.15, 0.2) is 29.6 Å². The molecule has 3 aromatic rings. The molecule has 2 aromatic heterocycles. The Morgan fingerprint density at radius 3 is 3.00 bits per heavy atom. The molecule has 0 saturated carbocycles. The molecule has 1 amide bonds. The number of amides is 1. The highest BCUT2D eigenvalue weighted by Crippen LogP contribution is 2.35. The van der Waals surface area contributed by atoms with Gasteiger partial charge in [-0.3, -0.25) is 4.79 Å². The largest absolute Gasteiger partial charge is 0.358 e. The maximum atomic E-state index is 13.1. The monoisotopic (exact) mass is 394 g/mol. The van der Waals surface area contributed by atoms with E-state index >= 15 is 0 Å². The van der Waals surface area contributed by atoms with E-state index in [1.54, 1.807) is 11.3 Å². The Balaban J connectivity index is 1.32. The summed E-state index contributed by atoms with van der Waals surface area (Å²) in [4.78, 5) is 23.3. The molecule has 5 rings (SSSR count). The lowest BCUT2D eigenvalue weighted by molar-refractivity contribution is 0.0785. The van der Waals surface area contributed by atoms with Gasteiger partial charge in [0.25, 0.3) is 5.91 Å². The molecule has 2 N–H and O–H groups in total. The van der Waals surface area contributed by atoms with Gasteiger partial charge >= 0.3 is 0 Å². The van der Waals surface area contributed by atoms with Gasteiger partial charge in [-0.1, -0.05) is 18.2 Å². The fourth-order valence-corrected chi connectivity index (χ4v) is 5.73. The second kappa shape index (κ2) is 7.33. The number of aryl methyl sites for hydroxylation is 1. The number of H-pyrrole nitrogens is 1. The highest BCUT2D eigenvalue weighted by atomic mass is 32.1. The first-order valence-corrected chi connectivity index (χ1v) is 11.1. The average Bonchev–Trinajstić information content (AvgIpc) is 3.45. The molecule has 2 unspecified atom stereocenters. The van der Waals surface area contributed by atoms with Crippen molar-refractivity contribution in [3.05, 3.63) is 51.6 Å². The molecule has 28 heavy (non-hydrogen) atoms. The van der Waals surface area contributed by atoms with E-state index in [-0.39, 0.29) is 5.91 Å². The van der Waals surface area contributed by atoms with E-state index in [1.165, 1.54) is 35.0 Å². The van der Waals surface area contributed by atoms with E-state index < -0.39 is 0 Å². The normalized spacial score (nSPS) is 22.8. The van der Waals surface area contributed by atoms with E-state index in [0.717, 1.165) is 37.6 Å². The van der Waals surface area contributed by atoms with Gasteiger partial charge in [-0.25, -0.2) is 4.98 Å². The molecule has 4 heterocycles. The Morgan fingerprint density at radius 2 is 2.14 bits per heavy atom. The van der Waals surface area contributed by atoms with Crippen molar-refractivity contribution in [3.63, 3.8) is 0 Å². The molecule has 2 atom stereocenters. The smallest absolute Gasteiger partial charge is 0.273 e. The fraction of sp³-hybridized carbons (Fsp3) is 0.455. The molecule has 2 saturated heterocycles. The van der Waals surface area contributed by atoms with Crippen LogP contribution < -0.4 is 5.32 Å². The third-order valence-electron chi connectivity index (χ3n) is 6.21. The number of rotatable bonds is 3. The third kappa shape index (κ3) is 3.14. The minimum atomic E-state index is 0.0891. The molecule has 0 radical (unpaired) electrons. The number of thiazole rings is 1. The number of carbonyl (C=O) groups excluding carboxylic acids is 1. The zero-order valence-electron chi connectivity index (χ0n) is 16.2. The Morgan fingerprint density at radius 1 is 1.25 bits per heavy atom. The Labute approximate surface area is 169 Å². The number of para-hydroxylation sites is 1. The molecular weight excluding hydrogens is 368 g/mol. The predicted molar refractivity (Wildman–Crippen MR) is 113 cm³/mol. The topological polar surface area (TPSA) is 61.0 Å². The Bertz CT molecular complexity index is 1000. The van der Waals surface area contributed by atoms with Crippen molar-refractivity contribution in [3.8, 4) is 0 Å². The van der Waals surface area contributed by atoms with Crippen molar-refractivity contribution in [1.29, 1.82) is 0 Å². The number of piperidine rings is 1. The van der Waals surface area contributed by atoms with E-state index in [0.29, 0.717) is 17.5 Å². The number of aromatic amines is 1. The lowest BCUT2D eigenvalue weighted by Crippen LogP contribution is -2.30. The first-order chi connectivity index (χ1) is 13.7. The molecule has 146 valence electrons. The summed E-state index contributed by atoms with van der Waals surface area (Å²) >= 11 is 1.64. The van der Waals surface area contributed by atoms with Crippen LogP contribution in [0.2, 0.25) is 0 Å². The molecule has 5 nitrogen and oxygen atoms in total. The van der Waals surface area contributed by atoms with Crippen LogP contribution in [0.5, 0.6) is 0 Å². The number of carbonyl (C=O) groups is 1. The first kappa shape index (κ1) is 17.9. The molecule has 0 spiro atoms. The van der Waals surface area contributed by atoms with Gasteiger partial charge in [-0.05, 0) is 44.4 Å². The maximum absolute atomic E-state index is 13.1. The summed E-state index contributed by atoms with van der Waals surface area (Å²) in [7, 11) is 0. The average molecular weight is 395 g/mol. The highest BCUT2D eigenvalue weighted by molar-refractivity contribution is 7.09. The van der Waals surface area contributed by atoms with Gasteiger partial charge in [0.1, 0.15) is 5.69 Å². The minimum absolute atomic E-state index is 0.0891. The molecule has 1 aromatic carbocycles. The molecule has 2 fully saturated rings. The predicted octanol–water partition coefficient (Wildman–Crippen LogP) is 4.03. The van der Waals surface area contributed by atoms with Gasteiger partial charge in [-0.15, -0.1) is 11.3 Å². The summed E-state index contributed by atoms with van der Waals surface area (Å²) in [6.45, 7) is 5.80. The van der Waals surface area contributed by atoms with Gasteiger partial charge in [0, 0.05) is 53.4 Å². The van der Waals surface area contributed by atoms with E-state index in [9.17, 15) is 4.79 Å². The standard InChI is InChI=1S/C22H26N4OS/c1-14-20(17-6-2-3-7-18(17)24-14)16-8-10-26(12-16)22(27)19-13-28-21(25-19)15-5-4-9-23-11-15/h2-3,6-7,13,15-16,23-24H,4-5,8-12H2,1H3. The summed E-state index contributed by atoms with van der Waals surface area (Å²) in [5, 5.41) is 7.79. The Hall–Kier alpha value is -2.18. The van der Waals surface area contributed by atoms with Crippen molar-refractivity contribution >= 4 is 28.1 Å². The van der Waals surface area contributed by atoms with Gasteiger partial charge in [-0.2, -0.15) is 0 Å². The second-order valence-corrected chi connectivity index (χ2v) is 8.95. The second-order valence-electron chi connectivity index (χ2n) is 8.06. The molecule has 6 heteroatoms. The van der Waals surface area contributed by atoms with Gasteiger partial charge in [0.05, 0.1) is 5.01 Å². The van der Waals surface area contributed by atoms with Gasteiger partial charge in [0.15, 0.2) is 0 Å². The van der Waals surface area contributed by atoms with Crippen LogP contribution in [0.4, 0.5) is 0 Å². The van der Waals surface area contributed by atoms with Crippen LogP contribution in [-0.4, -0.2) is 47.0 Å². The lowest BCUT2D eigenvalue weighted by Gasteiger charge is -2.20. The van der Waals surface area contributed by atoms with Crippen LogP contribution in [0.3, 0.4) is 0 Å².